The van der Waals surface area contributed by atoms with Gasteiger partial charge >= 0.3 is 0 Å². The minimum Gasteiger partial charge on any atom is -0.321 e. The summed E-state index contributed by atoms with van der Waals surface area (Å²) in [7, 11) is 0. The zero-order valence-corrected chi connectivity index (χ0v) is 21.0. The Morgan fingerprint density at radius 1 is 1.14 bits per heavy atom. The van der Waals surface area contributed by atoms with Gasteiger partial charge < -0.3 is 4.98 Å². The van der Waals surface area contributed by atoms with Gasteiger partial charge in [0.2, 0.25) is 0 Å². The first-order valence-corrected chi connectivity index (χ1v) is 12.9. The predicted octanol–water partition coefficient (Wildman–Crippen LogP) is 5.62. The van der Waals surface area contributed by atoms with Gasteiger partial charge in [0.1, 0.15) is 5.82 Å². The van der Waals surface area contributed by atoms with E-state index in [2.05, 4.69) is 32.3 Å². The third kappa shape index (κ3) is 5.09. The van der Waals surface area contributed by atoms with Crippen LogP contribution in [-0.2, 0) is 13.1 Å². The van der Waals surface area contributed by atoms with Crippen molar-refractivity contribution in [3.8, 4) is 0 Å². The smallest absolute Gasteiger partial charge is 0.252 e. The van der Waals surface area contributed by atoms with Crippen molar-refractivity contribution < 1.29 is 4.39 Å². The van der Waals surface area contributed by atoms with Crippen LogP contribution in [0.3, 0.4) is 0 Å². The second-order valence-corrected chi connectivity index (χ2v) is 9.92. The van der Waals surface area contributed by atoms with E-state index in [4.69, 9.17) is 0 Å². The maximum absolute atomic E-state index is 13.6. The molecular formula is C28H33FN6O. The molecule has 1 N–H and O–H groups in total. The van der Waals surface area contributed by atoms with Gasteiger partial charge in [-0.05, 0) is 71.3 Å². The number of nitrogens with zero attached hydrogens (tertiary/aromatic N) is 5. The number of tetrazole rings is 1. The van der Waals surface area contributed by atoms with Crippen molar-refractivity contribution >= 4 is 10.9 Å². The Balaban J connectivity index is 1.55. The maximum atomic E-state index is 13.6. The molecule has 4 aromatic rings. The van der Waals surface area contributed by atoms with Gasteiger partial charge in [0, 0.05) is 18.7 Å². The van der Waals surface area contributed by atoms with Gasteiger partial charge in [-0.1, -0.05) is 56.5 Å². The highest BCUT2D eigenvalue weighted by molar-refractivity contribution is 5.81. The minimum atomic E-state index is -0.262. The van der Waals surface area contributed by atoms with Crippen LogP contribution in [0.4, 0.5) is 4.39 Å². The van der Waals surface area contributed by atoms with Gasteiger partial charge in [-0.25, -0.2) is 9.07 Å². The fourth-order valence-corrected chi connectivity index (χ4v) is 5.44. The largest absolute Gasteiger partial charge is 0.321 e. The molecule has 0 bridgehead atoms. The molecule has 1 aliphatic rings. The molecule has 2 aromatic heterocycles. The summed E-state index contributed by atoms with van der Waals surface area (Å²) in [6.45, 7) is 5.13. The Bertz CT molecular complexity index is 1370. The van der Waals surface area contributed by atoms with Gasteiger partial charge in [-0.15, -0.1) is 5.10 Å². The topological polar surface area (TPSA) is 79.7 Å². The van der Waals surface area contributed by atoms with Crippen molar-refractivity contribution in [3.63, 3.8) is 0 Å². The molecule has 2 aromatic carbocycles. The molecule has 0 spiro atoms. The molecule has 0 amide bonds. The van der Waals surface area contributed by atoms with Crippen LogP contribution in [0.25, 0.3) is 10.9 Å². The number of fused-ring (bicyclic) bond motifs is 1. The number of nitrogens with one attached hydrogen (secondary N) is 1. The van der Waals surface area contributed by atoms with E-state index in [9.17, 15) is 9.18 Å². The van der Waals surface area contributed by atoms with E-state index in [1.54, 1.807) is 12.1 Å². The lowest BCUT2D eigenvalue weighted by Gasteiger charge is -2.31. The normalized spacial score (nSPS) is 15.2. The summed E-state index contributed by atoms with van der Waals surface area (Å²) in [4.78, 5) is 18.5. The molecule has 36 heavy (non-hydrogen) atoms. The summed E-state index contributed by atoms with van der Waals surface area (Å²) < 4.78 is 15.7. The maximum Gasteiger partial charge on any atom is 0.252 e. The molecule has 8 heteroatoms. The lowest BCUT2D eigenvalue weighted by atomic mass is 10.0. The predicted molar refractivity (Wildman–Crippen MR) is 138 cm³/mol. The number of para-hydroxylation sites is 1. The van der Waals surface area contributed by atoms with Crippen LogP contribution in [0.15, 0.2) is 53.3 Å². The summed E-state index contributed by atoms with van der Waals surface area (Å²) >= 11 is 0. The average Bonchev–Trinajstić information content (AvgIpc) is 3.57. The number of hydrogen-bond donors (Lipinski definition) is 1. The van der Waals surface area contributed by atoms with E-state index < -0.39 is 0 Å². The number of pyridine rings is 1. The van der Waals surface area contributed by atoms with Gasteiger partial charge in [-0.3, -0.25) is 9.69 Å². The Kier molecular flexibility index (Phi) is 7.23. The molecule has 7 nitrogen and oxygen atoms in total. The van der Waals surface area contributed by atoms with Crippen LogP contribution < -0.4 is 5.56 Å². The van der Waals surface area contributed by atoms with Crippen molar-refractivity contribution in [3.05, 3.63) is 87.2 Å². The molecule has 1 atom stereocenters. The summed E-state index contributed by atoms with van der Waals surface area (Å²) in [5.41, 5.74) is 3.48. The van der Waals surface area contributed by atoms with E-state index in [0.29, 0.717) is 24.7 Å². The van der Waals surface area contributed by atoms with Crippen LogP contribution in [-0.4, -0.2) is 30.1 Å². The van der Waals surface area contributed by atoms with Crippen molar-refractivity contribution in [2.75, 3.05) is 0 Å². The van der Waals surface area contributed by atoms with Crippen LogP contribution in [0.2, 0.25) is 0 Å². The standard InChI is InChI=1S/C28H33FN6O/c1-3-7-25(27-31-32-33-35(27)24-10-4-5-11-24)34(17-20-12-14-23(29)15-13-20)18-22-16-21-9-6-8-19(2)26(21)30-28(22)36/h6,8-9,12-16,24-25H,3-5,7,10-11,17-18H2,1-2H3,(H,30,36)/t25-/m0/s1. The zero-order chi connectivity index (χ0) is 25.1. The van der Waals surface area contributed by atoms with Gasteiger partial charge in [0.25, 0.3) is 5.56 Å². The second-order valence-electron chi connectivity index (χ2n) is 9.92. The van der Waals surface area contributed by atoms with E-state index in [1.807, 2.05) is 35.9 Å². The Morgan fingerprint density at radius 2 is 1.92 bits per heavy atom. The number of aromatic nitrogens is 5. The Labute approximate surface area is 210 Å². The average molecular weight is 489 g/mol. The molecule has 1 aliphatic carbocycles. The fraction of sp³-hybridized carbons (Fsp3) is 0.429. The summed E-state index contributed by atoms with van der Waals surface area (Å²) in [5.74, 6) is 0.584. The molecular weight excluding hydrogens is 455 g/mol. The first-order valence-electron chi connectivity index (χ1n) is 12.9. The van der Waals surface area contributed by atoms with E-state index in [-0.39, 0.29) is 17.4 Å². The molecule has 2 heterocycles. The number of aryl methyl sites for hydroxylation is 1. The lowest BCUT2D eigenvalue weighted by molar-refractivity contribution is 0.153. The highest BCUT2D eigenvalue weighted by Gasteiger charge is 2.30. The van der Waals surface area contributed by atoms with Gasteiger partial charge in [0.05, 0.1) is 17.6 Å². The molecule has 1 saturated carbocycles. The Morgan fingerprint density at radius 3 is 2.67 bits per heavy atom. The quantitative estimate of drug-likeness (QED) is 0.331. The van der Waals surface area contributed by atoms with Crippen LogP contribution >= 0.6 is 0 Å². The van der Waals surface area contributed by atoms with Crippen molar-refractivity contribution in [2.24, 2.45) is 0 Å². The lowest BCUT2D eigenvalue weighted by Crippen LogP contribution is -2.33. The SMILES string of the molecule is CCC[C@@H](c1nnnn1C1CCCC1)N(Cc1ccc(F)cc1)Cc1cc2cccc(C)c2[nH]c1=O. The number of H-pyrrole nitrogens is 1. The molecule has 0 aliphatic heterocycles. The Hall–Kier alpha value is -3.39. The monoisotopic (exact) mass is 488 g/mol. The molecule has 5 rings (SSSR count). The van der Waals surface area contributed by atoms with E-state index >= 15 is 0 Å². The zero-order valence-electron chi connectivity index (χ0n) is 21.0. The molecule has 0 radical (unpaired) electrons. The first-order chi connectivity index (χ1) is 17.5. The van der Waals surface area contributed by atoms with Gasteiger partial charge in [-0.2, -0.15) is 0 Å². The second kappa shape index (κ2) is 10.7. The molecule has 188 valence electrons. The van der Waals surface area contributed by atoms with Crippen LogP contribution in [0.5, 0.6) is 0 Å². The third-order valence-corrected chi connectivity index (χ3v) is 7.33. The number of rotatable bonds is 9. The van der Waals surface area contributed by atoms with Gasteiger partial charge in [0.15, 0.2) is 5.82 Å². The summed E-state index contributed by atoms with van der Waals surface area (Å²) in [6, 6.07) is 14.8. The highest BCUT2D eigenvalue weighted by atomic mass is 19.1. The van der Waals surface area contributed by atoms with E-state index in [1.165, 1.54) is 25.0 Å². The summed E-state index contributed by atoms with van der Waals surface area (Å²) in [6.07, 6.45) is 6.33. The molecule has 0 unspecified atom stereocenters. The molecule has 0 saturated heterocycles. The van der Waals surface area contributed by atoms with Crippen LogP contribution in [0.1, 0.15) is 80.0 Å². The highest BCUT2D eigenvalue weighted by Crippen LogP contribution is 2.34. The first kappa shape index (κ1) is 24.3. The number of halogens is 1. The number of aromatic amines is 1. The van der Waals surface area contributed by atoms with Crippen molar-refractivity contribution in [2.45, 2.75) is 77.5 Å². The van der Waals surface area contributed by atoms with E-state index in [0.717, 1.165) is 53.5 Å². The fourth-order valence-electron chi connectivity index (χ4n) is 5.44. The number of hydrogen-bond acceptors (Lipinski definition) is 5. The number of benzene rings is 2. The summed E-state index contributed by atoms with van der Waals surface area (Å²) in [5, 5.41) is 14.0. The van der Waals surface area contributed by atoms with Crippen LogP contribution in [0, 0.1) is 12.7 Å². The van der Waals surface area contributed by atoms with Crippen molar-refractivity contribution in [1.82, 2.24) is 30.1 Å². The molecule has 1 fully saturated rings. The van der Waals surface area contributed by atoms with Crippen molar-refractivity contribution in [1.29, 1.82) is 0 Å². The third-order valence-electron chi connectivity index (χ3n) is 7.33. The minimum absolute atomic E-state index is 0.0803.